The second-order valence-corrected chi connectivity index (χ2v) is 28.9. The van der Waals surface area contributed by atoms with Crippen molar-refractivity contribution < 1.29 is 48.0 Å². The molecule has 4 atom stereocenters. The van der Waals surface area contributed by atoms with Crippen LogP contribution in [-0.4, -0.2) is 79.8 Å². The van der Waals surface area contributed by atoms with E-state index in [4.69, 9.17) is 18.6 Å². The van der Waals surface area contributed by atoms with Crippen LogP contribution in [0.25, 0.3) is 0 Å². The Kier molecular flexibility index (Phi) is 26.2. The summed E-state index contributed by atoms with van der Waals surface area (Å²) < 4.78 is 23.0. The Morgan fingerprint density at radius 3 is 1.65 bits per heavy atom. The fraction of sp³-hybridized carbons (Fsp3) is 0.586. The van der Waals surface area contributed by atoms with E-state index < -0.39 is 14.4 Å². The molecule has 0 radical (unpaired) electrons. The summed E-state index contributed by atoms with van der Waals surface area (Å²) in [5.41, 5.74) is 3.80. The van der Waals surface area contributed by atoms with Gasteiger partial charge in [0.2, 0.25) is 11.8 Å². The first-order chi connectivity index (χ1) is 35.1. The molecule has 2 aliphatic rings. The molecule has 2 saturated heterocycles. The number of halogens is 1. The SMILES string of the molecule is CC(C)OC(=O)c1ccc(CBr)s1.CCCCC[C@H](O)c1ccc(N2C(=O)CC[C@@H]2COCc2ccc(C(=O)OC(C)C)s2)cc1.CCCCC[C@H](O[Si](C)(C)C(C)(C)C)c1ccc(N2C(=O)CC[C@@H]2CO)cc1. The number of benzene rings is 2. The van der Waals surface area contributed by atoms with Crippen molar-refractivity contribution in [3.8, 4) is 0 Å². The van der Waals surface area contributed by atoms with E-state index in [1.807, 2.05) is 81.1 Å². The van der Waals surface area contributed by atoms with Gasteiger partial charge in [0.25, 0.3) is 0 Å². The molecule has 2 fully saturated rings. The molecule has 0 bridgehead atoms. The van der Waals surface area contributed by atoms with Gasteiger partial charge >= 0.3 is 11.9 Å². The lowest BCUT2D eigenvalue weighted by Gasteiger charge is -2.39. The molecule has 74 heavy (non-hydrogen) atoms. The number of hydrogen-bond acceptors (Lipinski definition) is 12. The van der Waals surface area contributed by atoms with Crippen LogP contribution in [0.3, 0.4) is 0 Å². The molecule has 16 heteroatoms. The van der Waals surface area contributed by atoms with Gasteiger partial charge in [-0.3, -0.25) is 9.59 Å². The first-order valence-corrected chi connectivity index (χ1v) is 32.3. The fourth-order valence-corrected chi connectivity index (χ4v) is 11.8. The predicted molar refractivity (Wildman–Crippen MR) is 307 cm³/mol. The molecule has 0 saturated carbocycles. The Morgan fingerprint density at radius 2 is 1.18 bits per heavy atom. The normalized spacial score (nSPS) is 16.8. The molecule has 6 rings (SSSR count). The number of carbonyl (C=O) groups is 4. The lowest BCUT2D eigenvalue weighted by molar-refractivity contribution is -0.118. The Balaban J connectivity index is 0.000000261. The molecule has 2 amide bonds. The van der Waals surface area contributed by atoms with Crippen molar-refractivity contribution in [3.05, 3.63) is 103 Å². The van der Waals surface area contributed by atoms with E-state index in [-0.39, 0.29) is 65.8 Å². The van der Waals surface area contributed by atoms with E-state index in [1.165, 1.54) is 41.1 Å². The van der Waals surface area contributed by atoms with Crippen molar-refractivity contribution in [2.75, 3.05) is 23.0 Å². The average Bonchev–Trinajstić information content (AvgIpc) is 4.19. The largest absolute Gasteiger partial charge is 0.459 e. The van der Waals surface area contributed by atoms with Gasteiger partial charge in [-0.15, -0.1) is 22.7 Å². The number of nitrogens with zero attached hydrogens (tertiary/aromatic N) is 2. The molecule has 12 nitrogen and oxygen atoms in total. The molecule has 2 N–H and O–H groups in total. The van der Waals surface area contributed by atoms with Gasteiger partial charge in [0.15, 0.2) is 8.32 Å². The summed E-state index contributed by atoms with van der Waals surface area (Å²) in [5.74, 6) is -0.349. The van der Waals surface area contributed by atoms with Gasteiger partial charge in [0, 0.05) is 39.3 Å². The summed E-state index contributed by atoms with van der Waals surface area (Å²) in [5, 5.41) is 20.9. The summed E-state index contributed by atoms with van der Waals surface area (Å²) in [7, 11) is -1.88. The molecule has 2 aliphatic heterocycles. The van der Waals surface area contributed by atoms with Crippen molar-refractivity contribution in [1.29, 1.82) is 0 Å². The highest BCUT2D eigenvalue weighted by Gasteiger charge is 2.40. The lowest BCUT2D eigenvalue weighted by atomic mass is 10.0. The first-order valence-electron chi connectivity index (χ1n) is 26.7. The molecule has 0 spiro atoms. The van der Waals surface area contributed by atoms with Crippen molar-refractivity contribution >= 4 is 82.0 Å². The third kappa shape index (κ3) is 19.4. The Bertz CT molecular complexity index is 2330. The van der Waals surface area contributed by atoms with Crippen molar-refractivity contribution in [3.63, 3.8) is 0 Å². The number of esters is 2. The highest BCUT2D eigenvalue weighted by atomic mass is 79.9. The van der Waals surface area contributed by atoms with Gasteiger partial charge in [-0.2, -0.15) is 0 Å². The van der Waals surface area contributed by atoms with Crippen molar-refractivity contribution in [2.24, 2.45) is 0 Å². The third-order valence-corrected chi connectivity index (χ3v) is 21.0. The highest BCUT2D eigenvalue weighted by Crippen LogP contribution is 2.41. The standard InChI is InChI=1S/C26H35NO5S.C23H39NO3Si.C9H11BrO2S/c1-4-5-6-7-23(28)19-8-10-20(11-9-19)27-21(12-15-25(27)29)16-31-17-22-13-14-24(33-22)26(30)32-18(2)3;1-7-8-9-10-21(27-28(5,6)23(2,3)4)18-11-13-19(14-12-18)24-20(17-25)15-16-22(24)26;1-6(2)12-9(11)8-4-3-7(5-10)13-8/h8-11,13-14,18,21,23,28H,4-7,12,15-17H2,1-3H3;11-14,20-21,25H,7-10,15-17H2,1-6H3;3-4,6H,5H2,1-2H3/t21-,23+;20-,21+;/m11./s1. The molecule has 2 aromatic heterocycles. The number of hydrogen-bond donors (Lipinski definition) is 2. The van der Waals surface area contributed by atoms with E-state index in [1.54, 1.807) is 17.0 Å². The Hall–Kier alpha value is -3.74. The molecular weight excluding hydrogens is 1060 g/mol. The van der Waals surface area contributed by atoms with E-state index >= 15 is 0 Å². The maximum atomic E-state index is 12.5. The quantitative estimate of drug-likeness (QED) is 0.0300. The van der Waals surface area contributed by atoms with E-state index in [0.29, 0.717) is 35.8 Å². The summed E-state index contributed by atoms with van der Waals surface area (Å²) in [6, 6.07) is 23.2. The number of aliphatic hydroxyl groups is 2. The zero-order valence-corrected chi connectivity index (χ0v) is 50.2. The topological polar surface area (TPSA) is 152 Å². The smallest absolute Gasteiger partial charge is 0.348 e. The number of ether oxygens (including phenoxy) is 3. The number of aliphatic hydroxyl groups excluding tert-OH is 2. The molecule has 4 aromatic rings. The second kappa shape index (κ2) is 30.9. The van der Waals surface area contributed by atoms with E-state index in [9.17, 15) is 29.4 Å². The minimum absolute atomic E-state index is 0.0155. The monoisotopic (exact) mass is 1140 g/mol. The zero-order valence-electron chi connectivity index (χ0n) is 46.0. The summed E-state index contributed by atoms with van der Waals surface area (Å²) in [4.78, 5) is 55.0. The molecule has 2 aromatic carbocycles. The lowest BCUT2D eigenvalue weighted by Crippen LogP contribution is -2.41. The summed E-state index contributed by atoms with van der Waals surface area (Å²) in [6.07, 6.45) is 10.5. The minimum Gasteiger partial charge on any atom is -0.459 e. The van der Waals surface area contributed by atoms with Crippen LogP contribution in [0.1, 0.15) is 192 Å². The van der Waals surface area contributed by atoms with Gasteiger partial charge in [-0.25, -0.2) is 9.59 Å². The summed E-state index contributed by atoms with van der Waals surface area (Å²) >= 11 is 6.16. The van der Waals surface area contributed by atoms with Crippen LogP contribution in [-0.2, 0) is 40.2 Å². The summed E-state index contributed by atoms with van der Waals surface area (Å²) in [6.45, 7) is 24.0. The van der Waals surface area contributed by atoms with Crippen LogP contribution >= 0.6 is 38.6 Å². The average molecular weight is 1140 g/mol. The van der Waals surface area contributed by atoms with Crippen LogP contribution in [0, 0.1) is 0 Å². The zero-order chi connectivity index (χ0) is 54.6. The van der Waals surface area contributed by atoms with E-state index in [2.05, 4.69) is 75.8 Å². The number of unbranched alkanes of at least 4 members (excludes halogenated alkanes) is 4. The molecule has 0 unspecified atom stereocenters. The molecular formula is C58H85BrN2O10S2Si. The third-order valence-electron chi connectivity index (χ3n) is 13.5. The van der Waals surface area contributed by atoms with E-state index in [0.717, 1.165) is 83.4 Å². The van der Waals surface area contributed by atoms with Gasteiger partial charge in [0.05, 0.1) is 56.3 Å². The Morgan fingerprint density at radius 1 is 0.703 bits per heavy atom. The van der Waals surface area contributed by atoms with Gasteiger partial charge in [-0.05, 0) is 131 Å². The first kappa shape index (κ1) is 62.8. The number of carbonyl (C=O) groups excluding carboxylic acids is 4. The van der Waals surface area contributed by atoms with Gasteiger partial charge in [-0.1, -0.05) is 113 Å². The maximum absolute atomic E-state index is 12.5. The molecule has 4 heterocycles. The molecule has 410 valence electrons. The number of anilines is 2. The second-order valence-electron chi connectivity index (χ2n) is 21.2. The van der Waals surface area contributed by atoms with Crippen molar-refractivity contribution in [1.82, 2.24) is 0 Å². The maximum Gasteiger partial charge on any atom is 0.348 e. The van der Waals surface area contributed by atoms with Crippen LogP contribution in [0.5, 0.6) is 0 Å². The fourth-order valence-electron chi connectivity index (χ4n) is 8.36. The van der Waals surface area contributed by atoms with Gasteiger partial charge in [0.1, 0.15) is 9.75 Å². The highest BCUT2D eigenvalue weighted by molar-refractivity contribution is 9.08. The minimum atomic E-state index is -1.88. The van der Waals surface area contributed by atoms with Gasteiger partial charge < -0.3 is 38.6 Å². The number of rotatable bonds is 24. The number of alkyl halides is 1. The van der Waals surface area contributed by atoms with Crippen LogP contribution < -0.4 is 9.80 Å². The Labute approximate surface area is 459 Å². The predicted octanol–water partition coefficient (Wildman–Crippen LogP) is 14.7. The van der Waals surface area contributed by atoms with Crippen LogP contribution in [0.4, 0.5) is 11.4 Å². The molecule has 0 aliphatic carbocycles. The van der Waals surface area contributed by atoms with Crippen molar-refractivity contribution in [2.45, 2.75) is 206 Å². The number of amides is 2. The number of thiophene rings is 2. The van der Waals surface area contributed by atoms with Crippen LogP contribution in [0.2, 0.25) is 18.1 Å². The van der Waals surface area contributed by atoms with Crippen LogP contribution in [0.15, 0.2) is 72.8 Å².